The van der Waals surface area contributed by atoms with E-state index in [1.54, 1.807) is 21.3 Å². The van der Waals surface area contributed by atoms with Crippen molar-refractivity contribution in [3.8, 4) is 22.9 Å². The van der Waals surface area contributed by atoms with Gasteiger partial charge in [0.05, 0.1) is 39.3 Å². The van der Waals surface area contributed by atoms with Gasteiger partial charge in [-0.2, -0.15) is 5.10 Å². The van der Waals surface area contributed by atoms with E-state index >= 15 is 0 Å². The molecule has 33 heavy (non-hydrogen) atoms. The Kier molecular flexibility index (Phi) is 6.84. The first-order chi connectivity index (χ1) is 16.0. The molecule has 1 fully saturated rings. The third kappa shape index (κ3) is 5.12. The average molecular weight is 451 g/mol. The minimum atomic E-state index is -0.114. The van der Waals surface area contributed by atoms with Crippen molar-refractivity contribution in [2.24, 2.45) is 0 Å². The number of rotatable bonds is 10. The van der Waals surface area contributed by atoms with Gasteiger partial charge in [-0.05, 0) is 38.1 Å². The Morgan fingerprint density at radius 2 is 1.79 bits per heavy atom. The van der Waals surface area contributed by atoms with Crippen LogP contribution in [0.4, 0.5) is 5.82 Å². The van der Waals surface area contributed by atoms with Crippen molar-refractivity contribution in [2.75, 3.05) is 40.2 Å². The van der Waals surface area contributed by atoms with E-state index in [4.69, 9.17) is 19.3 Å². The molecule has 0 aliphatic heterocycles. The molecule has 0 saturated heterocycles. The summed E-state index contributed by atoms with van der Waals surface area (Å²) in [4.78, 5) is 14.8. The lowest BCUT2D eigenvalue weighted by Crippen LogP contribution is -2.30. The van der Waals surface area contributed by atoms with E-state index in [1.807, 2.05) is 65.2 Å². The smallest absolute Gasteiger partial charge is 0.239 e. The van der Waals surface area contributed by atoms with Crippen LogP contribution in [-0.2, 0) is 11.3 Å². The van der Waals surface area contributed by atoms with Crippen LogP contribution < -0.4 is 19.5 Å². The van der Waals surface area contributed by atoms with E-state index in [9.17, 15) is 4.79 Å². The van der Waals surface area contributed by atoms with E-state index in [1.165, 1.54) is 0 Å². The number of aromatic nitrogens is 2. The maximum atomic E-state index is 12.9. The number of nitrogens with one attached hydrogen (secondary N) is 1. The standard InChI is InChI=1S/C25H30N4O4/c1-28(15-18-12-13-21(31-2)25(33-4)24(18)32-3)16-23(30)26-22-14-20(17-10-11-17)27-29(22)19-8-6-5-7-9-19/h5-9,12-14,17H,10-11,15-16H2,1-4H3,(H,26,30). The summed E-state index contributed by atoms with van der Waals surface area (Å²) in [6.45, 7) is 0.707. The first-order valence-corrected chi connectivity index (χ1v) is 11.0. The maximum absolute atomic E-state index is 12.9. The zero-order valence-electron chi connectivity index (χ0n) is 19.5. The van der Waals surface area contributed by atoms with Crippen LogP contribution >= 0.6 is 0 Å². The van der Waals surface area contributed by atoms with Crippen LogP contribution in [0, 0.1) is 0 Å². The lowest BCUT2D eigenvalue weighted by molar-refractivity contribution is -0.117. The molecule has 1 aliphatic carbocycles. The summed E-state index contributed by atoms with van der Waals surface area (Å²) in [6, 6.07) is 15.6. The van der Waals surface area contributed by atoms with Gasteiger partial charge in [-0.3, -0.25) is 9.69 Å². The zero-order chi connectivity index (χ0) is 23.4. The summed E-state index contributed by atoms with van der Waals surface area (Å²) < 4.78 is 18.2. The minimum absolute atomic E-state index is 0.114. The number of carbonyl (C=O) groups is 1. The van der Waals surface area contributed by atoms with Crippen molar-refractivity contribution in [3.63, 3.8) is 0 Å². The molecule has 0 atom stereocenters. The van der Waals surface area contributed by atoms with Gasteiger partial charge in [0.1, 0.15) is 5.82 Å². The maximum Gasteiger partial charge on any atom is 0.239 e. The Morgan fingerprint density at radius 1 is 1.06 bits per heavy atom. The topological polar surface area (TPSA) is 77.9 Å². The number of amides is 1. The second-order valence-corrected chi connectivity index (χ2v) is 8.19. The van der Waals surface area contributed by atoms with Crippen LogP contribution in [0.5, 0.6) is 17.2 Å². The number of hydrogen-bond donors (Lipinski definition) is 1. The highest BCUT2D eigenvalue weighted by Crippen LogP contribution is 2.41. The molecule has 8 heteroatoms. The molecule has 1 heterocycles. The number of carbonyl (C=O) groups excluding carboxylic acids is 1. The van der Waals surface area contributed by atoms with Gasteiger partial charge >= 0.3 is 0 Å². The van der Waals surface area contributed by atoms with Crippen LogP contribution in [0.25, 0.3) is 5.69 Å². The van der Waals surface area contributed by atoms with Gasteiger partial charge in [0.15, 0.2) is 11.5 Å². The van der Waals surface area contributed by atoms with Crippen LogP contribution in [-0.4, -0.2) is 55.5 Å². The lowest BCUT2D eigenvalue weighted by atomic mass is 10.1. The normalized spacial score (nSPS) is 13.1. The first kappa shape index (κ1) is 22.7. The fraction of sp³-hybridized carbons (Fsp3) is 0.360. The third-order valence-electron chi connectivity index (χ3n) is 5.63. The molecule has 1 amide bonds. The largest absolute Gasteiger partial charge is 0.493 e. The third-order valence-corrected chi connectivity index (χ3v) is 5.63. The molecule has 0 spiro atoms. The fourth-order valence-electron chi connectivity index (χ4n) is 3.90. The number of para-hydroxylation sites is 1. The predicted molar refractivity (Wildman–Crippen MR) is 127 cm³/mol. The highest BCUT2D eigenvalue weighted by molar-refractivity contribution is 5.91. The van der Waals surface area contributed by atoms with Crippen molar-refractivity contribution >= 4 is 11.7 Å². The molecule has 3 aromatic rings. The monoisotopic (exact) mass is 450 g/mol. The van der Waals surface area contributed by atoms with Crippen LogP contribution in [0.3, 0.4) is 0 Å². The first-order valence-electron chi connectivity index (χ1n) is 11.0. The van der Waals surface area contributed by atoms with Crippen LogP contribution in [0.15, 0.2) is 48.5 Å². The molecule has 1 aliphatic rings. The second kappa shape index (κ2) is 9.95. The van der Waals surface area contributed by atoms with Gasteiger partial charge in [0, 0.05) is 24.1 Å². The van der Waals surface area contributed by atoms with Crippen molar-refractivity contribution in [1.29, 1.82) is 0 Å². The quantitative estimate of drug-likeness (QED) is 0.506. The number of methoxy groups -OCH3 is 3. The Hall–Kier alpha value is -3.52. The van der Waals surface area contributed by atoms with E-state index < -0.39 is 0 Å². The number of anilines is 1. The van der Waals surface area contributed by atoms with Crippen LogP contribution in [0.2, 0.25) is 0 Å². The lowest BCUT2D eigenvalue weighted by Gasteiger charge is -2.20. The number of benzene rings is 2. The molecule has 0 bridgehead atoms. The molecule has 2 aromatic carbocycles. The molecule has 174 valence electrons. The van der Waals surface area contributed by atoms with Gasteiger partial charge in [0.25, 0.3) is 0 Å². The number of likely N-dealkylation sites (N-methyl/N-ethyl adjacent to an activating group) is 1. The molecule has 0 radical (unpaired) electrons. The van der Waals surface area contributed by atoms with Crippen molar-refractivity contribution in [1.82, 2.24) is 14.7 Å². The highest BCUT2D eigenvalue weighted by Gasteiger charge is 2.28. The average Bonchev–Trinajstić information content (AvgIpc) is 3.59. The molecule has 1 saturated carbocycles. The van der Waals surface area contributed by atoms with Crippen molar-refractivity contribution < 1.29 is 19.0 Å². The second-order valence-electron chi connectivity index (χ2n) is 8.19. The van der Waals surface area contributed by atoms with Crippen molar-refractivity contribution in [2.45, 2.75) is 25.3 Å². The van der Waals surface area contributed by atoms with E-state index in [0.717, 1.165) is 29.8 Å². The fourth-order valence-corrected chi connectivity index (χ4v) is 3.90. The molecule has 8 nitrogen and oxygen atoms in total. The summed E-state index contributed by atoms with van der Waals surface area (Å²) in [5.74, 6) is 2.79. The molecule has 4 rings (SSSR count). The molecular weight excluding hydrogens is 420 g/mol. The van der Waals surface area contributed by atoms with Gasteiger partial charge < -0.3 is 19.5 Å². The molecule has 0 unspecified atom stereocenters. The van der Waals surface area contributed by atoms with Gasteiger partial charge in [0.2, 0.25) is 11.7 Å². The highest BCUT2D eigenvalue weighted by atomic mass is 16.5. The minimum Gasteiger partial charge on any atom is -0.493 e. The Labute approximate surface area is 194 Å². The zero-order valence-corrected chi connectivity index (χ0v) is 19.5. The SMILES string of the molecule is COc1ccc(CN(C)CC(=O)Nc2cc(C3CC3)nn2-c2ccccc2)c(OC)c1OC. The Bertz CT molecular complexity index is 1110. The van der Waals surface area contributed by atoms with E-state index in [-0.39, 0.29) is 12.5 Å². The summed E-state index contributed by atoms with van der Waals surface area (Å²) in [5, 5.41) is 7.79. The Morgan fingerprint density at radius 3 is 2.42 bits per heavy atom. The molecule has 1 N–H and O–H groups in total. The Balaban J connectivity index is 1.47. The summed E-state index contributed by atoms with van der Waals surface area (Å²) >= 11 is 0. The van der Waals surface area contributed by atoms with Gasteiger partial charge in [-0.1, -0.05) is 24.3 Å². The summed E-state index contributed by atoms with van der Waals surface area (Å²) in [5.41, 5.74) is 2.84. The van der Waals surface area contributed by atoms with Crippen LogP contribution in [0.1, 0.15) is 30.0 Å². The van der Waals surface area contributed by atoms with Gasteiger partial charge in [-0.15, -0.1) is 0 Å². The number of hydrogen-bond acceptors (Lipinski definition) is 6. The van der Waals surface area contributed by atoms with E-state index in [0.29, 0.717) is 35.5 Å². The summed E-state index contributed by atoms with van der Waals surface area (Å²) in [6.07, 6.45) is 2.30. The number of ether oxygens (including phenoxy) is 3. The summed E-state index contributed by atoms with van der Waals surface area (Å²) in [7, 11) is 6.64. The van der Waals surface area contributed by atoms with E-state index in [2.05, 4.69) is 5.32 Å². The predicted octanol–water partition coefficient (Wildman–Crippen LogP) is 3.85. The number of nitrogens with zero attached hydrogens (tertiary/aromatic N) is 3. The van der Waals surface area contributed by atoms with Gasteiger partial charge in [-0.25, -0.2) is 4.68 Å². The molecule has 1 aromatic heterocycles. The van der Waals surface area contributed by atoms with Crippen molar-refractivity contribution in [3.05, 3.63) is 59.8 Å². The molecular formula is C25H30N4O4.